The summed E-state index contributed by atoms with van der Waals surface area (Å²) in [6, 6.07) is 9.01. The smallest absolute Gasteiger partial charge is 0.143 e. The predicted octanol–water partition coefficient (Wildman–Crippen LogP) is 3.78. The Kier molecular flexibility index (Phi) is 4.61. The number of benzene rings is 1. The van der Waals surface area contributed by atoms with Crippen molar-refractivity contribution in [2.24, 2.45) is 0 Å². The summed E-state index contributed by atoms with van der Waals surface area (Å²) in [6.07, 6.45) is 4.39. The molecule has 31 heavy (non-hydrogen) atoms. The molecule has 1 aromatic carbocycles. The molecular formula is C24H29N5O2. The van der Waals surface area contributed by atoms with E-state index in [2.05, 4.69) is 63.3 Å². The third-order valence-corrected chi connectivity index (χ3v) is 6.80. The third-order valence-electron chi connectivity index (χ3n) is 6.80. The van der Waals surface area contributed by atoms with Crippen LogP contribution in [0.4, 0.5) is 5.82 Å². The first-order chi connectivity index (χ1) is 15.2. The van der Waals surface area contributed by atoms with Gasteiger partial charge in [0.1, 0.15) is 30.1 Å². The van der Waals surface area contributed by atoms with Crippen molar-refractivity contribution >= 4 is 16.9 Å². The largest absolute Gasteiger partial charge is 0.491 e. The van der Waals surface area contributed by atoms with E-state index in [1.54, 1.807) is 6.33 Å². The second-order valence-corrected chi connectivity index (χ2v) is 9.20. The molecule has 2 aromatic heterocycles. The van der Waals surface area contributed by atoms with Gasteiger partial charge in [-0.1, -0.05) is 12.1 Å². The summed E-state index contributed by atoms with van der Waals surface area (Å²) >= 11 is 0. The van der Waals surface area contributed by atoms with Crippen LogP contribution in [0.2, 0.25) is 0 Å². The molecule has 3 atom stereocenters. The van der Waals surface area contributed by atoms with Gasteiger partial charge in [-0.2, -0.15) is 0 Å². The Balaban J connectivity index is 1.39. The van der Waals surface area contributed by atoms with E-state index in [0.29, 0.717) is 12.5 Å². The molecule has 3 aliphatic rings. The van der Waals surface area contributed by atoms with Gasteiger partial charge in [0, 0.05) is 24.3 Å². The molecular weight excluding hydrogens is 390 g/mol. The van der Waals surface area contributed by atoms with E-state index in [4.69, 9.17) is 9.47 Å². The lowest BCUT2D eigenvalue weighted by Gasteiger charge is -2.43. The molecule has 7 heteroatoms. The molecule has 2 fully saturated rings. The molecule has 0 amide bonds. The predicted molar refractivity (Wildman–Crippen MR) is 120 cm³/mol. The van der Waals surface area contributed by atoms with Crippen LogP contribution in [0.25, 0.3) is 11.0 Å². The lowest BCUT2D eigenvalue weighted by molar-refractivity contribution is -0.0465. The molecule has 162 valence electrons. The number of morpholine rings is 1. The number of aromatic nitrogens is 3. The van der Waals surface area contributed by atoms with Gasteiger partial charge in [0.15, 0.2) is 0 Å². The Hall–Kier alpha value is -2.64. The molecule has 6 rings (SSSR count). The molecule has 3 unspecified atom stereocenters. The van der Waals surface area contributed by atoms with E-state index in [1.807, 2.05) is 0 Å². The summed E-state index contributed by atoms with van der Waals surface area (Å²) in [5, 5.41) is 4.87. The van der Waals surface area contributed by atoms with E-state index in [0.717, 1.165) is 42.3 Å². The van der Waals surface area contributed by atoms with Crippen LogP contribution in [0.1, 0.15) is 48.5 Å². The Labute approximate surface area is 182 Å². The number of fused-ring (bicyclic) bond motifs is 2. The van der Waals surface area contributed by atoms with Crippen LogP contribution in [0, 0.1) is 6.92 Å². The number of anilines is 1. The Morgan fingerprint density at radius 3 is 2.94 bits per heavy atom. The van der Waals surface area contributed by atoms with Crippen molar-refractivity contribution in [2.75, 3.05) is 31.6 Å². The Bertz CT molecular complexity index is 1110. The molecule has 1 saturated carbocycles. The van der Waals surface area contributed by atoms with E-state index >= 15 is 0 Å². The maximum atomic E-state index is 6.24. The number of rotatable bonds is 4. The number of nitrogens with zero attached hydrogens (tertiary/aromatic N) is 3. The Morgan fingerprint density at radius 1 is 1.19 bits per heavy atom. The summed E-state index contributed by atoms with van der Waals surface area (Å²) in [4.78, 5) is 15.1. The van der Waals surface area contributed by atoms with Gasteiger partial charge in [0.2, 0.25) is 0 Å². The van der Waals surface area contributed by atoms with Gasteiger partial charge < -0.3 is 19.8 Å². The van der Waals surface area contributed by atoms with Gasteiger partial charge in [0.25, 0.3) is 0 Å². The fourth-order valence-electron chi connectivity index (χ4n) is 4.98. The zero-order valence-corrected chi connectivity index (χ0v) is 18.1. The first-order valence-electron chi connectivity index (χ1n) is 11.3. The summed E-state index contributed by atoms with van der Waals surface area (Å²) in [5.41, 5.74) is 4.58. The molecule has 3 aromatic rings. The van der Waals surface area contributed by atoms with Crippen molar-refractivity contribution in [3.05, 3.63) is 47.4 Å². The number of hydrogen-bond donors (Lipinski definition) is 2. The number of hydrogen-bond acceptors (Lipinski definition) is 6. The van der Waals surface area contributed by atoms with Crippen LogP contribution in [-0.2, 0) is 4.74 Å². The van der Waals surface area contributed by atoms with Crippen molar-refractivity contribution in [3.8, 4) is 5.75 Å². The van der Waals surface area contributed by atoms with Crippen molar-refractivity contribution in [1.29, 1.82) is 0 Å². The monoisotopic (exact) mass is 419 g/mol. The number of aryl methyl sites for hydroxylation is 1. The van der Waals surface area contributed by atoms with Gasteiger partial charge in [-0.25, -0.2) is 9.97 Å². The van der Waals surface area contributed by atoms with Gasteiger partial charge in [-0.15, -0.1) is 0 Å². The second kappa shape index (κ2) is 7.50. The maximum Gasteiger partial charge on any atom is 0.143 e. The summed E-state index contributed by atoms with van der Waals surface area (Å²) in [7, 11) is 0. The van der Waals surface area contributed by atoms with Gasteiger partial charge in [0.05, 0.1) is 30.2 Å². The molecule has 2 N–H and O–H groups in total. The van der Waals surface area contributed by atoms with Crippen LogP contribution in [0.5, 0.6) is 5.75 Å². The molecule has 2 aliphatic heterocycles. The molecule has 4 heterocycles. The lowest BCUT2D eigenvalue weighted by Crippen LogP contribution is -2.54. The normalized spacial score (nSPS) is 26.5. The summed E-state index contributed by atoms with van der Waals surface area (Å²) in [5.74, 6) is 2.50. The minimum absolute atomic E-state index is 0.0759. The second-order valence-electron chi connectivity index (χ2n) is 9.20. The van der Waals surface area contributed by atoms with Crippen LogP contribution >= 0.6 is 0 Å². The lowest BCUT2D eigenvalue weighted by atomic mass is 9.93. The van der Waals surface area contributed by atoms with E-state index in [-0.39, 0.29) is 18.2 Å². The standard InChI is InChI=1S/C24H29N5O2/c1-14-3-6-17-21(9-14)31-12-20(29-7-8-30-15(2)11-29)22(17)28-24-18-10-19(16-4-5-16)27-23(18)25-13-26-24/h3,6,9-10,13,15-16,20,22H,4-5,7-8,11-12H2,1-2H3,(H2,25,26,27,28). The van der Waals surface area contributed by atoms with E-state index in [9.17, 15) is 0 Å². The number of nitrogens with one attached hydrogen (secondary N) is 2. The quantitative estimate of drug-likeness (QED) is 0.670. The molecule has 7 nitrogen and oxygen atoms in total. The van der Waals surface area contributed by atoms with Crippen molar-refractivity contribution in [2.45, 2.75) is 50.8 Å². The zero-order valence-electron chi connectivity index (χ0n) is 18.1. The van der Waals surface area contributed by atoms with E-state index < -0.39 is 0 Å². The minimum atomic E-state index is 0.0759. The summed E-state index contributed by atoms with van der Waals surface area (Å²) in [6.45, 7) is 7.47. The van der Waals surface area contributed by atoms with Crippen LogP contribution in [0.15, 0.2) is 30.6 Å². The van der Waals surface area contributed by atoms with Gasteiger partial charge >= 0.3 is 0 Å². The summed E-state index contributed by atoms with van der Waals surface area (Å²) < 4.78 is 12.0. The topological polar surface area (TPSA) is 75.3 Å². The fraction of sp³-hybridized carbons (Fsp3) is 0.500. The molecule has 0 radical (unpaired) electrons. The Morgan fingerprint density at radius 2 is 2.10 bits per heavy atom. The van der Waals surface area contributed by atoms with E-state index in [1.165, 1.54) is 29.7 Å². The highest BCUT2D eigenvalue weighted by Crippen LogP contribution is 2.42. The SMILES string of the molecule is Cc1ccc2c(c1)OCC(N1CCOC(C)C1)C2Nc1ncnc2[nH]c(C3CC3)cc12. The maximum absolute atomic E-state index is 6.24. The zero-order chi connectivity index (χ0) is 20.9. The number of H-pyrrole nitrogens is 1. The van der Waals surface area contributed by atoms with Crippen LogP contribution in [-0.4, -0.2) is 58.3 Å². The van der Waals surface area contributed by atoms with Crippen molar-refractivity contribution in [1.82, 2.24) is 19.9 Å². The van der Waals surface area contributed by atoms with Crippen LogP contribution < -0.4 is 10.1 Å². The number of ether oxygens (including phenoxy) is 2. The molecule has 1 saturated heterocycles. The highest BCUT2D eigenvalue weighted by Gasteiger charge is 2.37. The molecule has 0 bridgehead atoms. The van der Waals surface area contributed by atoms with Crippen LogP contribution in [0.3, 0.4) is 0 Å². The van der Waals surface area contributed by atoms with Gasteiger partial charge in [-0.05, 0) is 50.3 Å². The first kappa shape index (κ1) is 19.1. The third kappa shape index (κ3) is 3.55. The average molecular weight is 420 g/mol. The van der Waals surface area contributed by atoms with Crippen molar-refractivity contribution in [3.63, 3.8) is 0 Å². The molecule has 0 spiro atoms. The highest BCUT2D eigenvalue weighted by atomic mass is 16.5. The molecule has 1 aliphatic carbocycles. The fourth-order valence-corrected chi connectivity index (χ4v) is 4.98. The minimum Gasteiger partial charge on any atom is -0.491 e. The van der Waals surface area contributed by atoms with Gasteiger partial charge in [-0.3, -0.25) is 4.90 Å². The number of aromatic amines is 1. The van der Waals surface area contributed by atoms with Crippen molar-refractivity contribution < 1.29 is 9.47 Å². The highest BCUT2D eigenvalue weighted by molar-refractivity contribution is 5.88. The average Bonchev–Trinajstić information content (AvgIpc) is 3.52. The first-order valence-corrected chi connectivity index (χ1v) is 11.3.